The first-order chi connectivity index (χ1) is 17.0. The molecule has 4 aromatic rings. The molecular weight excluding hydrogens is 496 g/mol. The lowest BCUT2D eigenvalue weighted by Crippen LogP contribution is -2.16. The second-order valence-corrected chi connectivity index (χ2v) is 8.99. The van der Waals surface area contributed by atoms with Crippen molar-refractivity contribution < 1.29 is 31.9 Å². The van der Waals surface area contributed by atoms with Crippen LogP contribution >= 0.6 is 11.3 Å². The predicted octanol–water partition coefficient (Wildman–Crippen LogP) is 7.02. The highest BCUT2D eigenvalue weighted by atomic mass is 32.1. The number of rotatable bonds is 5. The number of hydrogen-bond acceptors (Lipinski definition) is 4. The Balaban J connectivity index is 1.72. The van der Waals surface area contributed by atoms with Crippen LogP contribution in [0.25, 0.3) is 16.1 Å². The Morgan fingerprint density at radius 1 is 1.00 bits per heavy atom. The summed E-state index contributed by atoms with van der Waals surface area (Å²) in [5.41, 5.74) is 0.771. The standard InChI is InChI=1S/C26H20F4N2O3S/c1-14-12-18(15(2)32(14)21-7-5-4-6-19(21)26(28,29)30)24(33)31-20-13-22(36-23(20)25(34)35-3)16-8-10-17(27)11-9-16/h4-13H,1-3H3,(H,31,33). The molecular formula is C26H20F4N2O3S. The molecule has 0 aliphatic carbocycles. The fourth-order valence-electron chi connectivity index (χ4n) is 3.95. The van der Waals surface area contributed by atoms with E-state index in [1.54, 1.807) is 32.0 Å². The number of ether oxygens (including phenoxy) is 1. The van der Waals surface area contributed by atoms with Gasteiger partial charge in [0.2, 0.25) is 0 Å². The molecule has 186 valence electrons. The lowest BCUT2D eigenvalue weighted by atomic mass is 10.1. The normalized spacial score (nSPS) is 11.4. The van der Waals surface area contributed by atoms with Crippen LogP contribution < -0.4 is 5.32 Å². The van der Waals surface area contributed by atoms with Crippen LogP contribution in [0.1, 0.15) is 37.0 Å². The number of carbonyl (C=O) groups excluding carboxylic acids is 2. The molecule has 0 saturated carbocycles. The molecule has 0 aliphatic rings. The van der Waals surface area contributed by atoms with E-state index >= 15 is 0 Å². The lowest BCUT2D eigenvalue weighted by molar-refractivity contribution is -0.137. The maximum atomic E-state index is 13.6. The highest BCUT2D eigenvalue weighted by molar-refractivity contribution is 7.18. The number of thiophene rings is 1. The van der Waals surface area contributed by atoms with Crippen LogP contribution in [0.3, 0.4) is 0 Å². The van der Waals surface area contributed by atoms with Crippen molar-refractivity contribution in [3.8, 4) is 16.1 Å². The number of nitrogens with one attached hydrogen (secondary N) is 1. The smallest absolute Gasteiger partial charge is 0.418 e. The molecule has 0 atom stereocenters. The van der Waals surface area contributed by atoms with E-state index in [1.165, 1.54) is 48.1 Å². The number of benzene rings is 2. The Hall–Kier alpha value is -3.92. The Morgan fingerprint density at radius 2 is 1.67 bits per heavy atom. The summed E-state index contributed by atoms with van der Waals surface area (Å²) in [6.07, 6.45) is -4.58. The van der Waals surface area contributed by atoms with Gasteiger partial charge in [0.05, 0.1) is 29.6 Å². The summed E-state index contributed by atoms with van der Waals surface area (Å²) in [7, 11) is 1.21. The Labute approximate surface area is 208 Å². The molecule has 0 aliphatic heterocycles. The molecule has 0 spiro atoms. The van der Waals surface area contributed by atoms with Crippen LogP contribution in [-0.2, 0) is 10.9 Å². The minimum absolute atomic E-state index is 0.0940. The SMILES string of the molecule is COC(=O)c1sc(-c2ccc(F)cc2)cc1NC(=O)c1cc(C)n(-c2ccccc2C(F)(F)F)c1C. The average molecular weight is 517 g/mol. The number of anilines is 1. The molecule has 5 nitrogen and oxygen atoms in total. The van der Waals surface area contributed by atoms with E-state index in [2.05, 4.69) is 5.32 Å². The maximum absolute atomic E-state index is 13.6. The van der Waals surface area contributed by atoms with Crippen molar-refractivity contribution in [3.63, 3.8) is 0 Å². The van der Waals surface area contributed by atoms with Gasteiger partial charge in [-0.1, -0.05) is 24.3 Å². The molecule has 4 rings (SSSR count). The number of aromatic nitrogens is 1. The Kier molecular flexibility index (Phi) is 6.73. The molecule has 2 aromatic carbocycles. The zero-order chi connectivity index (χ0) is 26.2. The molecule has 0 bridgehead atoms. The molecule has 10 heteroatoms. The van der Waals surface area contributed by atoms with Crippen molar-refractivity contribution in [2.75, 3.05) is 12.4 Å². The number of halogens is 4. The number of aryl methyl sites for hydroxylation is 1. The highest BCUT2D eigenvalue weighted by Crippen LogP contribution is 2.37. The van der Waals surface area contributed by atoms with Crippen molar-refractivity contribution >= 4 is 28.9 Å². The van der Waals surface area contributed by atoms with Gasteiger partial charge < -0.3 is 14.6 Å². The molecule has 0 radical (unpaired) electrons. The van der Waals surface area contributed by atoms with E-state index < -0.39 is 29.4 Å². The van der Waals surface area contributed by atoms with Gasteiger partial charge in [-0.2, -0.15) is 13.2 Å². The fraction of sp³-hybridized carbons (Fsp3) is 0.154. The summed E-state index contributed by atoms with van der Waals surface area (Å²) in [6, 6.07) is 13.8. The van der Waals surface area contributed by atoms with Gasteiger partial charge in [-0.15, -0.1) is 11.3 Å². The largest absolute Gasteiger partial charge is 0.465 e. The summed E-state index contributed by atoms with van der Waals surface area (Å²) in [5, 5.41) is 2.68. The third-order valence-corrected chi connectivity index (χ3v) is 6.77. The number of para-hydroxylation sites is 1. The lowest BCUT2D eigenvalue weighted by Gasteiger charge is -2.16. The Bertz CT molecular complexity index is 1450. The van der Waals surface area contributed by atoms with Gasteiger partial charge in [0.1, 0.15) is 10.7 Å². The molecule has 0 saturated heterocycles. The molecule has 2 heterocycles. The van der Waals surface area contributed by atoms with Gasteiger partial charge in [0.25, 0.3) is 5.91 Å². The maximum Gasteiger partial charge on any atom is 0.418 e. The number of carbonyl (C=O) groups is 2. The second kappa shape index (κ2) is 9.62. The summed E-state index contributed by atoms with van der Waals surface area (Å²) < 4.78 is 60.4. The first-order valence-corrected chi connectivity index (χ1v) is 11.5. The van der Waals surface area contributed by atoms with E-state index in [4.69, 9.17) is 4.74 Å². The molecule has 2 aromatic heterocycles. The van der Waals surface area contributed by atoms with Crippen molar-refractivity contribution in [1.82, 2.24) is 4.57 Å². The third kappa shape index (κ3) is 4.76. The number of hydrogen-bond donors (Lipinski definition) is 1. The van der Waals surface area contributed by atoms with Crippen molar-refractivity contribution in [1.29, 1.82) is 0 Å². The summed E-state index contributed by atoms with van der Waals surface area (Å²) in [6.45, 7) is 3.15. The first-order valence-electron chi connectivity index (χ1n) is 10.7. The average Bonchev–Trinajstić information content (AvgIpc) is 3.38. The third-order valence-electron chi connectivity index (χ3n) is 5.61. The van der Waals surface area contributed by atoms with Crippen LogP contribution in [0.2, 0.25) is 0 Å². The monoisotopic (exact) mass is 516 g/mol. The number of esters is 1. The van der Waals surface area contributed by atoms with Crippen LogP contribution in [0.15, 0.2) is 60.7 Å². The fourth-order valence-corrected chi connectivity index (χ4v) is 4.98. The van der Waals surface area contributed by atoms with Crippen LogP contribution in [-0.4, -0.2) is 23.6 Å². The highest BCUT2D eigenvalue weighted by Gasteiger charge is 2.34. The van der Waals surface area contributed by atoms with Crippen LogP contribution in [0.4, 0.5) is 23.2 Å². The van der Waals surface area contributed by atoms with Gasteiger partial charge in [-0.25, -0.2) is 9.18 Å². The topological polar surface area (TPSA) is 60.3 Å². The van der Waals surface area contributed by atoms with E-state index in [9.17, 15) is 27.2 Å². The van der Waals surface area contributed by atoms with Gasteiger partial charge in [0.15, 0.2) is 0 Å². The number of amides is 1. The minimum Gasteiger partial charge on any atom is -0.465 e. The van der Waals surface area contributed by atoms with Crippen molar-refractivity contribution in [3.05, 3.63) is 93.9 Å². The number of methoxy groups -OCH3 is 1. The van der Waals surface area contributed by atoms with Crippen LogP contribution in [0.5, 0.6) is 0 Å². The summed E-state index contributed by atoms with van der Waals surface area (Å²) in [4.78, 5) is 26.3. The number of nitrogens with zero attached hydrogens (tertiary/aromatic N) is 1. The molecule has 1 N–H and O–H groups in total. The van der Waals surface area contributed by atoms with E-state index in [1.807, 2.05) is 0 Å². The van der Waals surface area contributed by atoms with Crippen LogP contribution in [0, 0.1) is 19.7 Å². The van der Waals surface area contributed by atoms with Gasteiger partial charge in [-0.3, -0.25) is 4.79 Å². The van der Waals surface area contributed by atoms with E-state index in [0.717, 1.165) is 17.4 Å². The quantitative estimate of drug-likeness (QED) is 0.229. The van der Waals surface area contributed by atoms with Crippen molar-refractivity contribution in [2.45, 2.75) is 20.0 Å². The van der Waals surface area contributed by atoms with Gasteiger partial charge >= 0.3 is 12.1 Å². The summed E-state index contributed by atoms with van der Waals surface area (Å²) >= 11 is 1.06. The van der Waals surface area contributed by atoms with Gasteiger partial charge in [0, 0.05) is 16.3 Å². The van der Waals surface area contributed by atoms with Gasteiger partial charge in [-0.05, 0) is 55.8 Å². The second-order valence-electron chi connectivity index (χ2n) is 7.94. The van der Waals surface area contributed by atoms with Crippen molar-refractivity contribution in [2.24, 2.45) is 0 Å². The minimum atomic E-state index is -4.58. The predicted molar refractivity (Wildman–Crippen MR) is 129 cm³/mol. The Morgan fingerprint density at radius 3 is 2.31 bits per heavy atom. The number of alkyl halides is 3. The van der Waals surface area contributed by atoms with E-state index in [-0.39, 0.29) is 21.8 Å². The molecule has 0 unspecified atom stereocenters. The first kappa shape index (κ1) is 25.2. The molecule has 36 heavy (non-hydrogen) atoms. The molecule has 0 fully saturated rings. The summed E-state index contributed by atoms with van der Waals surface area (Å²) in [5.74, 6) is -1.69. The van der Waals surface area contributed by atoms with E-state index in [0.29, 0.717) is 21.8 Å². The zero-order valence-electron chi connectivity index (χ0n) is 19.4. The zero-order valence-corrected chi connectivity index (χ0v) is 20.2. The molecule has 1 amide bonds.